The molecule has 3 nitrogen and oxygen atoms in total. The van der Waals surface area contributed by atoms with E-state index >= 15 is 0 Å². The lowest BCUT2D eigenvalue weighted by molar-refractivity contribution is 0.575. The van der Waals surface area contributed by atoms with Crippen LogP contribution >= 0.6 is 11.8 Å². The highest BCUT2D eigenvalue weighted by atomic mass is 32.2. The number of aromatic nitrogens is 2. The highest BCUT2D eigenvalue weighted by Crippen LogP contribution is 2.31. The molecule has 2 aromatic rings. The predicted molar refractivity (Wildman–Crippen MR) is 75.4 cm³/mol. The van der Waals surface area contributed by atoms with Gasteiger partial charge >= 0.3 is 0 Å². The lowest BCUT2D eigenvalue weighted by Crippen LogP contribution is -2.26. The lowest BCUT2D eigenvalue weighted by atomic mass is 10.0. The van der Waals surface area contributed by atoms with Crippen LogP contribution in [0.5, 0.6) is 0 Å². The summed E-state index contributed by atoms with van der Waals surface area (Å²) in [5.41, 5.74) is 4.17. The third-order valence-electron chi connectivity index (χ3n) is 3.28. The van der Waals surface area contributed by atoms with E-state index in [4.69, 9.17) is 0 Å². The van der Waals surface area contributed by atoms with Gasteiger partial charge < -0.3 is 5.32 Å². The Labute approximate surface area is 112 Å². The summed E-state index contributed by atoms with van der Waals surface area (Å²) in [6.07, 6.45) is 3.99. The number of aryl methyl sites for hydroxylation is 1. The first-order chi connectivity index (χ1) is 8.83. The summed E-state index contributed by atoms with van der Waals surface area (Å²) in [6.45, 7) is 0.882. The van der Waals surface area contributed by atoms with E-state index in [0.29, 0.717) is 6.04 Å². The Hall–Kier alpha value is -1.26. The van der Waals surface area contributed by atoms with Crippen LogP contribution in [-0.4, -0.2) is 15.5 Å². The summed E-state index contributed by atoms with van der Waals surface area (Å²) in [5, 5.41) is 7.83. The zero-order chi connectivity index (χ0) is 12.4. The SMILES string of the molecule is Cn1cc(CNC2CSCc3ccccc32)cn1. The minimum atomic E-state index is 0.458. The van der Waals surface area contributed by atoms with Gasteiger partial charge in [0.15, 0.2) is 0 Å². The number of thioether (sulfide) groups is 1. The van der Waals surface area contributed by atoms with E-state index in [0.717, 1.165) is 18.1 Å². The molecule has 94 valence electrons. The van der Waals surface area contributed by atoms with E-state index in [1.807, 2.05) is 29.7 Å². The molecule has 1 aromatic heterocycles. The molecule has 1 N–H and O–H groups in total. The number of nitrogens with zero attached hydrogens (tertiary/aromatic N) is 2. The highest BCUT2D eigenvalue weighted by Gasteiger charge is 2.19. The summed E-state index contributed by atoms with van der Waals surface area (Å²) < 4.78 is 1.85. The topological polar surface area (TPSA) is 29.9 Å². The van der Waals surface area contributed by atoms with Crippen molar-refractivity contribution in [2.75, 3.05) is 5.75 Å². The van der Waals surface area contributed by atoms with Gasteiger partial charge in [0.1, 0.15) is 0 Å². The maximum atomic E-state index is 4.20. The molecule has 1 aliphatic rings. The van der Waals surface area contributed by atoms with E-state index in [2.05, 4.69) is 40.9 Å². The molecule has 4 heteroatoms. The molecule has 0 saturated carbocycles. The molecule has 1 aromatic carbocycles. The van der Waals surface area contributed by atoms with E-state index in [1.54, 1.807) is 0 Å². The molecular formula is C14H17N3S. The first-order valence-electron chi connectivity index (χ1n) is 6.19. The number of benzene rings is 1. The van der Waals surface area contributed by atoms with Crippen LogP contribution in [0.25, 0.3) is 0 Å². The van der Waals surface area contributed by atoms with Crippen LogP contribution in [0.15, 0.2) is 36.7 Å². The smallest absolute Gasteiger partial charge is 0.0534 e. The number of hydrogen-bond donors (Lipinski definition) is 1. The van der Waals surface area contributed by atoms with Gasteiger partial charge in [0.05, 0.1) is 6.20 Å². The zero-order valence-corrected chi connectivity index (χ0v) is 11.3. The van der Waals surface area contributed by atoms with Gasteiger partial charge in [0.25, 0.3) is 0 Å². The predicted octanol–water partition coefficient (Wildman–Crippen LogP) is 2.50. The highest BCUT2D eigenvalue weighted by molar-refractivity contribution is 7.98. The van der Waals surface area contributed by atoms with Crippen LogP contribution in [-0.2, 0) is 19.3 Å². The largest absolute Gasteiger partial charge is 0.305 e. The van der Waals surface area contributed by atoms with Gasteiger partial charge in [-0.2, -0.15) is 16.9 Å². The van der Waals surface area contributed by atoms with Crippen molar-refractivity contribution in [1.82, 2.24) is 15.1 Å². The number of rotatable bonds is 3. The summed E-state index contributed by atoms with van der Waals surface area (Å²) in [5.74, 6) is 2.29. The third-order valence-corrected chi connectivity index (χ3v) is 4.37. The van der Waals surface area contributed by atoms with Crippen molar-refractivity contribution in [1.29, 1.82) is 0 Å². The van der Waals surface area contributed by atoms with Crippen molar-refractivity contribution in [3.05, 3.63) is 53.3 Å². The molecule has 1 atom stereocenters. The fraction of sp³-hybridized carbons (Fsp3) is 0.357. The van der Waals surface area contributed by atoms with Gasteiger partial charge in [0.2, 0.25) is 0 Å². The zero-order valence-electron chi connectivity index (χ0n) is 10.5. The van der Waals surface area contributed by atoms with Crippen LogP contribution < -0.4 is 5.32 Å². The van der Waals surface area contributed by atoms with Gasteiger partial charge in [0, 0.05) is 42.9 Å². The fourth-order valence-corrected chi connectivity index (χ4v) is 3.49. The molecule has 18 heavy (non-hydrogen) atoms. The van der Waals surface area contributed by atoms with Crippen LogP contribution in [0.3, 0.4) is 0 Å². The first kappa shape index (κ1) is 11.8. The van der Waals surface area contributed by atoms with Crippen LogP contribution in [0.1, 0.15) is 22.7 Å². The van der Waals surface area contributed by atoms with Crippen LogP contribution in [0, 0.1) is 0 Å². The summed E-state index contributed by atoms with van der Waals surface area (Å²) in [4.78, 5) is 0. The molecule has 3 rings (SSSR count). The van der Waals surface area contributed by atoms with Crippen molar-refractivity contribution >= 4 is 11.8 Å². The fourth-order valence-electron chi connectivity index (χ4n) is 2.36. The van der Waals surface area contributed by atoms with Crippen molar-refractivity contribution in [3.63, 3.8) is 0 Å². The monoisotopic (exact) mass is 259 g/mol. The first-order valence-corrected chi connectivity index (χ1v) is 7.35. The number of nitrogens with one attached hydrogen (secondary N) is 1. The average Bonchev–Trinajstić information content (AvgIpc) is 2.82. The van der Waals surface area contributed by atoms with Gasteiger partial charge in [-0.3, -0.25) is 4.68 Å². The molecule has 0 radical (unpaired) electrons. The summed E-state index contributed by atoms with van der Waals surface area (Å²) >= 11 is 2.00. The normalized spacial score (nSPS) is 18.6. The molecule has 1 unspecified atom stereocenters. The second-order valence-electron chi connectivity index (χ2n) is 4.67. The average molecular weight is 259 g/mol. The molecule has 0 amide bonds. The van der Waals surface area contributed by atoms with Crippen molar-refractivity contribution in [2.24, 2.45) is 7.05 Å². The summed E-state index contributed by atoms with van der Waals surface area (Å²) in [7, 11) is 1.95. The Morgan fingerprint density at radius 2 is 2.33 bits per heavy atom. The Morgan fingerprint density at radius 3 is 3.17 bits per heavy atom. The van der Waals surface area contributed by atoms with Crippen LogP contribution in [0.2, 0.25) is 0 Å². The minimum Gasteiger partial charge on any atom is -0.305 e. The van der Waals surface area contributed by atoms with E-state index in [9.17, 15) is 0 Å². The Bertz CT molecular complexity index is 535. The van der Waals surface area contributed by atoms with E-state index < -0.39 is 0 Å². The molecular weight excluding hydrogens is 242 g/mol. The van der Waals surface area contributed by atoms with Gasteiger partial charge in [-0.1, -0.05) is 24.3 Å². The Morgan fingerprint density at radius 1 is 1.44 bits per heavy atom. The van der Waals surface area contributed by atoms with Crippen molar-refractivity contribution < 1.29 is 0 Å². The molecule has 0 spiro atoms. The van der Waals surface area contributed by atoms with Gasteiger partial charge in [-0.15, -0.1) is 0 Å². The molecule has 0 saturated heterocycles. The maximum absolute atomic E-state index is 4.20. The minimum absolute atomic E-state index is 0.458. The van der Waals surface area contributed by atoms with E-state index in [1.165, 1.54) is 16.7 Å². The van der Waals surface area contributed by atoms with Crippen molar-refractivity contribution in [3.8, 4) is 0 Å². The van der Waals surface area contributed by atoms with E-state index in [-0.39, 0.29) is 0 Å². The quantitative estimate of drug-likeness (QED) is 0.918. The Balaban J connectivity index is 1.71. The molecule has 0 aliphatic carbocycles. The molecule has 0 bridgehead atoms. The second kappa shape index (κ2) is 5.16. The molecule has 0 fully saturated rings. The Kier molecular flexibility index (Phi) is 3.39. The third kappa shape index (κ3) is 2.44. The van der Waals surface area contributed by atoms with Crippen molar-refractivity contribution in [2.45, 2.75) is 18.3 Å². The standard InChI is InChI=1S/C14H17N3S/c1-17-8-11(7-16-17)6-15-14-10-18-9-12-4-2-3-5-13(12)14/h2-5,7-8,14-15H,6,9-10H2,1H3. The number of fused-ring (bicyclic) bond motifs is 1. The summed E-state index contributed by atoms with van der Waals surface area (Å²) in [6, 6.07) is 9.20. The molecule has 2 heterocycles. The van der Waals surface area contributed by atoms with Gasteiger partial charge in [-0.25, -0.2) is 0 Å². The second-order valence-corrected chi connectivity index (χ2v) is 5.70. The lowest BCUT2D eigenvalue weighted by Gasteiger charge is -2.26. The maximum Gasteiger partial charge on any atom is 0.0534 e. The van der Waals surface area contributed by atoms with Gasteiger partial charge in [-0.05, 0) is 11.1 Å². The number of hydrogen-bond acceptors (Lipinski definition) is 3. The molecule has 1 aliphatic heterocycles. The van der Waals surface area contributed by atoms with Crippen LogP contribution in [0.4, 0.5) is 0 Å².